The van der Waals surface area contributed by atoms with Crippen molar-refractivity contribution in [1.29, 1.82) is 0 Å². The van der Waals surface area contributed by atoms with Gasteiger partial charge in [-0.1, -0.05) is 6.92 Å². The van der Waals surface area contributed by atoms with Crippen LogP contribution >= 0.6 is 0 Å². The number of benzene rings is 1. The first-order chi connectivity index (χ1) is 8.51. The molecule has 1 unspecified atom stereocenters. The minimum Gasteiger partial charge on any atom is -0.327 e. The van der Waals surface area contributed by atoms with Gasteiger partial charge in [-0.2, -0.15) is 0 Å². The molecule has 0 aliphatic carbocycles. The molecule has 0 bridgehead atoms. The van der Waals surface area contributed by atoms with Crippen molar-refractivity contribution in [1.82, 2.24) is 0 Å². The molecule has 5 heteroatoms. The van der Waals surface area contributed by atoms with E-state index in [0.29, 0.717) is 17.8 Å². The average Bonchev–Trinajstić information content (AvgIpc) is 2.30. The van der Waals surface area contributed by atoms with E-state index >= 15 is 0 Å². The topological polar surface area (TPSA) is 84.2 Å². The third kappa shape index (κ3) is 4.97. The van der Waals surface area contributed by atoms with Gasteiger partial charge in [0.1, 0.15) is 0 Å². The van der Waals surface area contributed by atoms with Gasteiger partial charge in [0.15, 0.2) is 0 Å². The number of hydrogen-bond acceptors (Lipinski definition) is 3. The van der Waals surface area contributed by atoms with Crippen molar-refractivity contribution < 1.29 is 9.59 Å². The van der Waals surface area contributed by atoms with Gasteiger partial charge in [-0.05, 0) is 31.2 Å². The Morgan fingerprint density at radius 3 is 1.94 bits per heavy atom. The van der Waals surface area contributed by atoms with E-state index in [1.807, 2.05) is 0 Å². The Morgan fingerprint density at radius 1 is 1.11 bits per heavy atom. The quantitative estimate of drug-likeness (QED) is 0.742. The van der Waals surface area contributed by atoms with E-state index < -0.39 is 0 Å². The van der Waals surface area contributed by atoms with E-state index in [1.54, 1.807) is 38.1 Å². The van der Waals surface area contributed by atoms with Gasteiger partial charge >= 0.3 is 0 Å². The van der Waals surface area contributed by atoms with E-state index in [4.69, 9.17) is 5.73 Å². The van der Waals surface area contributed by atoms with Crippen LogP contribution in [0.5, 0.6) is 0 Å². The molecule has 0 spiro atoms. The highest BCUT2D eigenvalue weighted by molar-refractivity contribution is 5.93. The Morgan fingerprint density at radius 2 is 1.56 bits per heavy atom. The summed E-state index contributed by atoms with van der Waals surface area (Å²) in [6.45, 7) is 3.57. The van der Waals surface area contributed by atoms with Crippen molar-refractivity contribution in [3.8, 4) is 0 Å². The minimum atomic E-state index is -0.159. The van der Waals surface area contributed by atoms with Crippen LogP contribution in [0.3, 0.4) is 0 Å². The lowest BCUT2D eigenvalue weighted by molar-refractivity contribution is -0.117. The third-order valence-corrected chi connectivity index (χ3v) is 2.28. The summed E-state index contributed by atoms with van der Waals surface area (Å²) in [7, 11) is 0. The van der Waals surface area contributed by atoms with Gasteiger partial charge in [0, 0.05) is 30.3 Å². The average molecular weight is 249 g/mol. The molecule has 0 heterocycles. The number of anilines is 2. The van der Waals surface area contributed by atoms with Crippen LogP contribution in [0.4, 0.5) is 11.4 Å². The fourth-order valence-corrected chi connectivity index (χ4v) is 1.39. The van der Waals surface area contributed by atoms with E-state index in [9.17, 15) is 9.59 Å². The smallest absolute Gasteiger partial charge is 0.225 e. The molecule has 1 atom stereocenters. The highest BCUT2D eigenvalue weighted by Crippen LogP contribution is 2.14. The first-order valence-corrected chi connectivity index (χ1v) is 5.96. The highest BCUT2D eigenvalue weighted by Gasteiger charge is 2.05. The highest BCUT2D eigenvalue weighted by atomic mass is 16.2. The molecule has 1 aromatic rings. The van der Waals surface area contributed by atoms with E-state index in [2.05, 4.69) is 10.6 Å². The van der Waals surface area contributed by atoms with Crippen molar-refractivity contribution in [3.05, 3.63) is 24.3 Å². The standard InChI is InChI=1S/C13H19N3O2/c1-3-12(17)15-10-4-6-11(7-5-10)16-13(18)8-9(2)14/h4-7,9H,3,8,14H2,1-2H3,(H,15,17)(H,16,18). The molecule has 0 saturated heterocycles. The van der Waals surface area contributed by atoms with Crippen molar-refractivity contribution in [2.24, 2.45) is 5.73 Å². The number of rotatable bonds is 5. The van der Waals surface area contributed by atoms with Crippen LogP contribution < -0.4 is 16.4 Å². The zero-order valence-electron chi connectivity index (χ0n) is 10.7. The van der Waals surface area contributed by atoms with Gasteiger partial charge in [0.05, 0.1) is 0 Å². The molecule has 1 aromatic carbocycles. The summed E-state index contributed by atoms with van der Waals surface area (Å²) in [6, 6.07) is 6.81. The molecule has 18 heavy (non-hydrogen) atoms. The lowest BCUT2D eigenvalue weighted by Crippen LogP contribution is -2.23. The maximum absolute atomic E-state index is 11.5. The monoisotopic (exact) mass is 249 g/mol. The molecule has 0 aliphatic heterocycles. The molecule has 0 fully saturated rings. The third-order valence-electron chi connectivity index (χ3n) is 2.28. The van der Waals surface area contributed by atoms with Crippen LogP contribution in [0.15, 0.2) is 24.3 Å². The van der Waals surface area contributed by atoms with Crippen LogP contribution in [-0.2, 0) is 9.59 Å². The van der Waals surface area contributed by atoms with E-state index in [0.717, 1.165) is 0 Å². The number of amides is 2. The van der Waals surface area contributed by atoms with Gasteiger partial charge in [-0.3, -0.25) is 9.59 Å². The first-order valence-electron chi connectivity index (χ1n) is 5.96. The predicted octanol–water partition coefficient (Wildman–Crippen LogP) is 1.71. The molecule has 0 radical (unpaired) electrons. The number of carbonyl (C=O) groups excluding carboxylic acids is 2. The fourth-order valence-electron chi connectivity index (χ4n) is 1.39. The summed E-state index contributed by atoms with van der Waals surface area (Å²) in [4.78, 5) is 22.6. The summed E-state index contributed by atoms with van der Waals surface area (Å²) in [6.07, 6.45) is 0.723. The molecule has 0 aliphatic rings. The van der Waals surface area contributed by atoms with E-state index in [1.165, 1.54) is 0 Å². The Labute approximate surface area is 107 Å². The number of hydrogen-bond donors (Lipinski definition) is 3. The van der Waals surface area contributed by atoms with Gasteiger partial charge in [-0.25, -0.2) is 0 Å². The van der Waals surface area contributed by atoms with Crippen molar-refractivity contribution >= 4 is 23.2 Å². The zero-order valence-corrected chi connectivity index (χ0v) is 10.7. The van der Waals surface area contributed by atoms with Crippen molar-refractivity contribution in [3.63, 3.8) is 0 Å². The number of carbonyl (C=O) groups is 2. The van der Waals surface area contributed by atoms with Crippen LogP contribution in [0.1, 0.15) is 26.7 Å². The van der Waals surface area contributed by atoms with Crippen molar-refractivity contribution in [2.75, 3.05) is 10.6 Å². The molecular weight excluding hydrogens is 230 g/mol. The Kier molecular flexibility index (Phi) is 5.32. The Hall–Kier alpha value is -1.88. The number of nitrogens with two attached hydrogens (primary N) is 1. The normalized spacial score (nSPS) is 11.7. The minimum absolute atomic E-state index is 0.0382. The Bertz CT molecular complexity index is 413. The molecular formula is C13H19N3O2. The molecule has 0 saturated carbocycles. The summed E-state index contributed by atoms with van der Waals surface area (Å²) in [5.74, 6) is -0.154. The van der Waals surface area contributed by atoms with Gasteiger partial charge in [-0.15, -0.1) is 0 Å². The maximum Gasteiger partial charge on any atom is 0.225 e. The Balaban J connectivity index is 2.55. The summed E-state index contributed by atoms with van der Waals surface area (Å²) < 4.78 is 0. The van der Waals surface area contributed by atoms with Crippen LogP contribution in [-0.4, -0.2) is 17.9 Å². The predicted molar refractivity (Wildman–Crippen MR) is 72.3 cm³/mol. The van der Waals surface area contributed by atoms with Gasteiger partial charge in [0.2, 0.25) is 11.8 Å². The summed E-state index contributed by atoms with van der Waals surface area (Å²) in [5, 5.41) is 5.47. The fraction of sp³-hybridized carbons (Fsp3) is 0.385. The SMILES string of the molecule is CCC(=O)Nc1ccc(NC(=O)CC(C)N)cc1. The van der Waals surface area contributed by atoms with Gasteiger partial charge < -0.3 is 16.4 Å². The maximum atomic E-state index is 11.5. The molecule has 4 N–H and O–H groups in total. The summed E-state index contributed by atoms with van der Waals surface area (Å²) >= 11 is 0. The van der Waals surface area contributed by atoms with Crippen LogP contribution in [0, 0.1) is 0 Å². The summed E-state index contributed by atoms with van der Waals surface area (Å²) in [5.41, 5.74) is 6.94. The second-order valence-electron chi connectivity index (χ2n) is 4.21. The van der Waals surface area contributed by atoms with Crippen LogP contribution in [0.2, 0.25) is 0 Å². The van der Waals surface area contributed by atoms with E-state index in [-0.39, 0.29) is 24.3 Å². The second kappa shape index (κ2) is 6.76. The molecule has 98 valence electrons. The van der Waals surface area contributed by atoms with Crippen LogP contribution in [0.25, 0.3) is 0 Å². The molecule has 5 nitrogen and oxygen atoms in total. The molecule has 2 amide bonds. The number of nitrogens with one attached hydrogen (secondary N) is 2. The lowest BCUT2D eigenvalue weighted by Gasteiger charge is -2.08. The zero-order chi connectivity index (χ0) is 13.5. The largest absolute Gasteiger partial charge is 0.327 e. The second-order valence-corrected chi connectivity index (χ2v) is 4.21. The van der Waals surface area contributed by atoms with Gasteiger partial charge in [0.25, 0.3) is 0 Å². The lowest BCUT2D eigenvalue weighted by atomic mass is 10.2. The van der Waals surface area contributed by atoms with Crippen molar-refractivity contribution in [2.45, 2.75) is 32.7 Å². The molecule has 1 rings (SSSR count). The first kappa shape index (κ1) is 14.2. The molecule has 0 aromatic heterocycles.